The molecule has 1 rings (SSSR count). The second-order valence-corrected chi connectivity index (χ2v) is 11.3. The molecule has 0 amide bonds. The quantitative estimate of drug-likeness (QED) is 0.439. The first-order valence-electron chi connectivity index (χ1n) is 6.62. The Morgan fingerprint density at radius 2 is 2.11 bits per heavy atom. The van der Waals surface area contributed by atoms with Gasteiger partial charge in [-0.2, -0.15) is 0 Å². The van der Waals surface area contributed by atoms with E-state index in [1.165, 1.54) is 6.20 Å². The number of rotatable bonds is 7. The molecule has 0 aliphatic heterocycles. The van der Waals surface area contributed by atoms with Gasteiger partial charge in [-0.1, -0.05) is 19.6 Å². The molecule has 108 valence electrons. The van der Waals surface area contributed by atoms with E-state index in [9.17, 15) is 4.79 Å². The highest BCUT2D eigenvalue weighted by molar-refractivity contribution is 6.76. The van der Waals surface area contributed by atoms with Crippen LogP contribution >= 0.6 is 0 Å². The van der Waals surface area contributed by atoms with Crippen LogP contribution in [0.3, 0.4) is 0 Å². The van der Waals surface area contributed by atoms with Crippen LogP contribution in [0, 0.1) is 6.92 Å². The summed E-state index contributed by atoms with van der Waals surface area (Å²) in [7, 11) is -1.08. The van der Waals surface area contributed by atoms with Gasteiger partial charge in [-0.15, -0.1) is 0 Å². The number of hydrogen-bond acceptors (Lipinski definition) is 4. The zero-order valence-electron chi connectivity index (χ0n) is 12.5. The minimum absolute atomic E-state index is 0.350. The van der Waals surface area contributed by atoms with Crippen molar-refractivity contribution in [2.75, 3.05) is 13.2 Å². The van der Waals surface area contributed by atoms with Crippen molar-refractivity contribution in [3.63, 3.8) is 0 Å². The fraction of sp³-hybridized carbons (Fsp3) is 0.692. The third kappa shape index (κ3) is 5.16. The molecule has 0 atom stereocenters. The second-order valence-electron chi connectivity index (χ2n) is 5.69. The molecule has 0 N–H and O–H groups in total. The predicted octanol–water partition coefficient (Wildman–Crippen LogP) is 2.68. The van der Waals surface area contributed by atoms with Crippen LogP contribution in [0.1, 0.15) is 23.2 Å². The van der Waals surface area contributed by atoms with Gasteiger partial charge in [-0.3, -0.25) is 4.57 Å². The number of ether oxygens (including phenoxy) is 2. The topological polar surface area (TPSA) is 53.3 Å². The van der Waals surface area contributed by atoms with Crippen LogP contribution in [0.25, 0.3) is 0 Å². The van der Waals surface area contributed by atoms with E-state index in [0.29, 0.717) is 19.0 Å². The van der Waals surface area contributed by atoms with Gasteiger partial charge in [0.1, 0.15) is 18.2 Å². The largest absolute Gasteiger partial charge is 0.461 e. The minimum atomic E-state index is -1.08. The predicted molar refractivity (Wildman–Crippen MR) is 77.0 cm³/mol. The highest BCUT2D eigenvalue weighted by Crippen LogP contribution is 2.10. The summed E-state index contributed by atoms with van der Waals surface area (Å²) in [6.07, 6.45) is 1.54. The third-order valence-corrected chi connectivity index (χ3v) is 4.46. The van der Waals surface area contributed by atoms with Crippen molar-refractivity contribution in [1.82, 2.24) is 9.55 Å². The normalized spacial score (nSPS) is 11.6. The SMILES string of the molecule is CCOC(=O)c1cnc(C)n1COCC[Si](C)(C)C. The van der Waals surface area contributed by atoms with Gasteiger partial charge in [0.15, 0.2) is 0 Å². The molecule has 0 fully saturated rings. The molecule has 1 aromatic heterocycles. The Morgan fingerprint density at radius 3 is 2.68 bits per heavy atom. The van der Waals surface area contributed by atoms with E-state index in [1.54, 1.807) is 11.5 Å². The lowest BCUT2D eigenvalue weighted by Crippen LogP contribution is -2.22. The van der Waals surface area contributed by atoms with E-state index in [4.69, 9.17) is 9.47 Å². The molecule has 0 aromatic carbocycles. The summed E-state index contributed by atoms with van der Waals surface area (Å²) in [6.45, 7) is 12.0. The molecule has 5 nitrogen and oxygen atoms in total. The molecule has 1 aromatic rings. The Labute approximate surface area is 115 Å². The number of imidazole rings is 1. The van der Waals surface area contributed by atoms with Gasteiger partial charge in [0.2, 0.25) is 0 Å². The number of nitrogens with zero attached hydrogens (tertiary/aromatic N) is 2. The van der Waals surface area contributed by atoms with Gasteiger partial charge in [-0.25, -0.2) is 9.78 Å². The first-order chi connectivity index (χ1) is 8.85. The van der Waals surface area contributed by atoms with E-state index in [-0.39, 0.29) is 5.97 Å². The molecule has 0 aliphatic carbocycles. The molecular weight excluding hydrogens is 260 g/mol. The van der Waals surface area contributed by atoms with Gasteiger partial charge < -0.3 is 9.47 Å². The van der Waals surface area contributed by atoms with Gasteiger partial charge in [0, 0.05) is 14.7 Å². The lowest BCUT2D eigenvalue weighted by atomic mass is 10.5. The van der Waals surface area contributed by atoms with E-state index in [2.05, 4.69) is 24.6 Å². The summed E-state index contributed by atoms with van der Waals surface area (Å²) in [5.74, 6) is 0.410. The summed E-state index contributed by atoms with van der Waals surface area (Å²) in [5, 5.41) is 0. The maximum absolute atomic E-state index is 11.7. The number of esters is 1. The minimum Gasteiger partial charge on any atom is -0.461 e. The van der Waals surface area contributed by atoms with Crippen LogP contribution in [0.4, 0.5) is 0 Å². The zero-order chi connectivity index (χ0) is 14.5. The molecule has 0 aliphatic rings. The highest BCUT2D eigenvalue weighted by atomic mass is 28.3. The first-order valence-corrected chi connectivity index (χ1v) is 10.3. The number of aryl methyl sites for hydroxylation is 1. The molecule has 0 saturated carbocycles. The van der Waals surface area contributed by atoms with Gasteiger partial charge >= 0.3 is 5.97 Å². The summed E-state index contributed by atoms with van der Waals surface area (Å²) < 4.78 is 12.4. The van der Waals surface area contributed by atoms with Crippen molar-refractivity contribution in [2.24, 2.45) is 0 Å². The molecule has 6 heteroatoms. The van der Waals surface area contributed by atoms with Crippen molar-refractivity contribution in [2.45, 2.75) is 46.3 Å². The summed E-state index contributed by atoms with van der Waals surface area (Å²) in [6, 6.07) is 1.11. The highest BCUT2D eigenvalue weighted by Gasteiger charge is 2.16. The Kier molecular flexibility index (Phi) is 5.75. The number of carbonyl (C=O) groups is 1. The Balaban J connectivity index is 2.58. The lowest BCUT2D eigenvalue weighted by Gasteiger charge is -2.16. The van der Waals surface area contributed by atoms with E-state index in [0.717, 1.165) is 18.5 Å². The van der Waals surface area contributed by atoms with Crippen molar-refractivity contribution >= 4 is 14.0 Å². The molecule has 0 bridgehead atoms. The molecule has 0 saturated heterocycles. The van der Waals surface area contributed by atoms with Crippen LogP contribution in [0.2, 0.25) is 25.7 Å². The Hall–Kier alpha value is -1.14. The third-order valence-electron chi connectivity index (χ3n) is 2.76. The zero-order valence-corrected chi connectivity index (χ0v) is 13.5. The average Bonchev–Trinajstić information content (AvgIpc) is 2.65. The van der Waals surface area contributed by atoms with Gasteiger partial charge in [0.25, 0.3) is 0 Å². The fourth-order valence-corrected chi connectivity index (χ4v) is 2.29. The Bertz CT molecular complexity index is 424. The molecule has 1 heterocycles. The molecular formula is C13H24N2O3Si. The molecule has 0 unspecified atom stereocenters. The standard InChI is InChI=1S/C13H24N2O3Si/c1-6-18-13(16)12-9-14-11(2)15(12)10-17-7-8-19(3,4)5/h9H,6-8,10H2,1-5H3. The van der Waals surface area contributed by atoms with Crippen LogP contribution in [-0.2, 0) is 16.2 Å². The second kappa shape index (κ2) is 6.86. The maximum atomic E-state index is 11.7. The van der Waals surface area contributed by atoms with E-state index in [1.807, 2.05) is 6.92 Å². The Morgan fingerprint density at radius 1 is 1.42 bits per heavy atom. The number of hydrogen-bond donors (Lipinski definition) is 0. The monoisotopic (exact) mass is 284 g/mol. The van der Waals surface area contributed by atoms with Crippen LogP contribution in [-0.4, -0.2) is 36.8 Å². The van der Waals surface area contributed by atoms with Crippen molar-refractivity contribution < 1.29 is 14.3 Å². The average molecular weight is 284 g/mol. The first kappa shape index (κ1) is 15.9. The summed E-state index contributed by atoms with van der Waals surface area (Å²) >= 11 is 0. The van der Waals surface area contributed by atoms with Crippen molar-refractivity contribution in [3.8, 4) is 0 Å². The van der Waals surface area contributed by atoms with Crippen molar-refractivity contribution in [3.05, 3.63) is 17.7 Å². The van der Waals surface area contributed by atoms with Gasteiger partial charge in [0.05, 0.1) is 12.8 Å². The summed E-state index contributed by atoms with van der Waals surface area (Å²) in [4.78, 5) is 15.9. The van der Waals surface area contributed by atoms with Gasteiger partial charge in [-0.05, 0) is 19.9 Å². The van der Waals surface area contributed by atoms with E-state index < -0.39 is 8.07 Å². The lowest BCUT2D eigenvalue weighted by molar-refractivity contribution is 0.0471. The van der Waals surface area contributed by atoms with Crippen LogP contribution < -0.4 is 0 Å². The van der Waals surface area contributed by atoms with Crippen LogP contribution in [0.5, 0.6) is 0 Å². The number of carbonyl (C=O) groups excluding carboxylic acids is 1. The molecule has 0 radical (unpaired) electrons. The summed E-state index contributed by atoms with van der Waals surface area (Å²) in [5.41, 5.74) is 0.451. The van der Waals surface area contributed by atoms with E-state index >= 15 is 0 Å². The molecule has 0 spiro atoms. The smallest absolute Gasteiger partial charge is 0.356 e. The van der Waals surface area contributed by atoms with Crippen molar-refractivity contribution in [1.29, 1.82) is 0 Å². The maximum Gasteiger partial charge on any atom is 0.356 e. The fourth-order valence-electron chi connectivity index (χ4n) is 1.53. The molecule has 19 heavy (non-hydrogen) atoms. The van der Waals surface area contributed by atoms with Crippen LogP contribution in [0.15, 0.2) is 6.20 Å². The number of aromatic nitrogens is 2.